The molecule has 4 atom stereocenters. The molecule has 0 aliphatic heterocycles. The smallest absolute Gasteiger partial charge is 0.317 e. The van der Waals surface area contributed by atoms with E-state index < -0.39 is 0 Å². The number of carbonyl (C=O) groups excluding carboxylic acids is 2. The Bertz CT molecular complexity index is 1940. The van der Waals surface area contributed by atoms with Gasteiger partial charge in [0, 0.05) is 53.8 Å². The Hall–Kier alpha value is -2.61. The van der Waals surface area contributed by atoms with Gasteiger partial charge in [0.25, 0.3) is 0 Å². The largest absolute Gasteiger partial charge is 0.338 e. The number of hydrogen-bond acceptors (Lipinski definition) is 4. The van der Waals surface area contributed by atoms with Crippen molar-refractivity contribution in [2.24, 2.45) is 40.5 Å². The van der Waals surface area contributed by atoms with Crippen molar-refractivity contribution in [1.82, 2.24) is 15.5 Å². The van der Waals surface area contributed by atoms with Gasteiger partial charge in [0.1, 0.15) is 0 Å². The van der Waals surface area contributed by atoms with Gasteiger partial charge in [-0.05, 0) is 174 Å². The number of aliphatic imine (C=N–C) groups is 1. The van der Waals surface area contributed by atoms with Crippen LogP contribution in [-0.4, -0.2) is 67.6 Å². The molecule has 4 aromatic carbocycles. The predicted molar refractivity (Wildman–Crippen MR) is 344 cm³/mol. The first-order chi connectivity index (χ1) is 38.2. The molecule has 2 N–H and O–H groups in total. The van der Waals surface area contributed by atoms with Crippen LogP contribution in [0.4, 0.5) is 4.79 Å². The number of isocyanates is 1. The van der Waals surface area contributed by atoms with Gasteiger partial charge in [-0.3, -0.25) is 0 Å². The van der Waals surface area contributed by atoms with Crippen molar-refractivity contribution in [2.75, 3.05) is 39.3 Å². The second-order valence-corrected chi connectivity index (χ2v) is 28.3. The molecule has 4 aliphatic rings. The SMILES string of the molecule is CC(C)C1CCCC1P(c1ccccc1)c1ccccc1.CC(C)C1CCCC1P(c1ccccc1)c1ccccc1.CCCCN=C=O.CCCCNC(=O)N(CCCC)CC1CCCC1.CCCCNCC1CCCC1.[Fe].[Fe]. The van der Waals surface area contributed by atoms with Crippen molar-refractivity contribution >= 4 is 49.2 Å². The summed E-state index contributed by atoms with van der Waals surface area (Å²) >= 11 is 0. The summed E-state index contributed by atoms with van der Waals surface area (Å²) in [5.41, 5.74) is 1.70. The quantitative estimate of drug-likeness (QED) is 0.0241. The van der Waals surface area contributed by atoms with Crippen molar-refractivity contribution < 1.29 is 43.7 Å². The van der Waals surface area contributed by atoms with Gasteiger partial charge in [-0.15, -0.1) is 0 Å². The second kappa shape index (κ2) is 45.8. The first-order valence-corrected chi connectivity index (χ1v) is 34.5. The first-order valence-electron chi connectivity index (χ1n) is 31.7. The summed E-state index contributed by atoms with van der Waals surface area (Å²) in [5, 5.41) is 12.8. The van der Waals surface area contributed by atoms with E-state index in [-0.39, 0.29) is 56.0 Å². The zero-order chi connectivity index (χ0) is 56.0. The number of hydrogen-bond donors (Lipinski definition) is 2. The van der Waals surface area contributed by atoms with Crippen LogP contribution in [0, 0.1) is 35.5 Å². The molecule has 2 amide bonds. The van der Waals surface area contributed by atoms with E-state index in [1.807, 2.05) is 0 Å². The number of benzene rings is 4. The van der Waals surface area contributed by atoms with Gasteiger partial charge >= 0.3 is 6.03 Å². The van der Waals surface area contributed by atoms with E-state index in [0.717, 1.165) is 105 Å². The Morgan fingerprint density at radius 3 is 1.29 bits per heavy atom. The molecule has 0 spiro atoms. The van der Waals surface area contributed by atoms with Gasteiger partial charge in [-0.25, -0.2) is 14.6 Å². The van der Waals surface area contributed by atoms with Crippen LogP contribution < -0.4 is 31.9 Å². The van der Waals surface area contributed by atoms with Crippen LogP contribution in [0.5, 0.6) is 0 Å². The molecule has 0 aromatic heterocycles. The van der Waals surface area contributed by atoms with Crippen LogP contribution in [0.2, 0.25) is 0 Å². The fraction of sp³-hybridized carbons (Fsp3) is 0.629. The average molecular weight is 1210 g/mol. The Morgan fingerprint density at radius 2 is 0.912 bits per heavy atom. The van der Waals surface area contributed by atoms with Crippen LogP contribution in [-0.2, 0) is 38.9 Å². The van der Waals surface area contributed by atoms with Gasteiger partial charge in [0.2, 0.25) is 6.08 Å². The maximum absolute atomic E-state index is 12.1. The fourth-order valence-corrected chi connectivity index (χ4v) is 19.0. The number of amides is 2. The topological polar surface area (TPSA) is 73.8 Å². The minimum atomic E-state index is -0.224. The van der Waals surface area contributed by atoms with Crippen molar-refractivity contribution in [3.63, 3.8) is 0 Å². The van der Waals surface area contributed by atoms with Crippen LogP contribution in [0.15, 0.2) is 126 Å². The summed E-state index contributed by atoms with van der Waals surface area (Å²) in [4.78, 5) is 26.9. The third-order valence-electron chi connectivity index (χ3n) is 16.7. The first kappa shape index (κ1) is 73.5. The molecule has 10 heteroatoms. The maximum atomic E-state index is 12.1. The minimum absolute atomic E-state index is 0. The van der Waals surface area contributed by atoms with E-state index in [1.165, 1.54) is 122 Å². The third-order valence-corrected chi connectivity index (χ3v) is 22.7. The van der Waals surface area contributed by atoms with Gasteiger partial charge in [0.15, 0.2) is 0 Å². The van der Waals surface area contributed by atoms with E-state index in [0.29, 0.717) is 6.54 Å². The molecular weight excluding hydrogens is 1100 g/mol. The Kier molecular flexibility index (Phi) is 42.1. The number of nitrogens with one attached hydrogen (secondary N) is 2. The summed E-state index contributed by atoms with van der Waals surface area (Å²) in [6.07, 6.45) is 30.4. The molecule has 4 aromatic rings. The maximum Gasteiger partial charge on any atom is 0.317 e. The van der Waals surface area contributed by atoms with Crippen LogP contribution >= 0.6 is 15.8 Å². The zero-order valence-corrected chi connectivity index (χ0v) is 55.3. The molecule has 4 aliphatic carbocycles. The number of nitrogens with zero attached hydrogens (tertiary/aromatic N) is 2. The number of rotatable bonds is 24. The molecule has 0 heterocycles. The van der Waals surface area contributed by atoms with Gasteiger partial charge in [-0.2, -0.15) is 0 Å². The predicted octanol–water partition coefficient (Wildman–Crippen LogP) is 17.4. The number of urea groups is 1. The minimum Gasteiger partial charge on any atom is -0.338 e. The molecule has 8 rings (SSSR count). The second-order valence-electron chi connectivity index (χ2n) is 23.5. The summed E-state index contributed by atoms with van der Waals surface area (Å²) in [6.45, 7) is 24.1. The van der Waals surface area contributed by atoms with E-state index in [2.05, 4.69) is 197 Å². The van der Waals surface area contributed by atoms with E-state index in [1.54, 1.807) is 21.2 Å². The molecule has 0 bridgehead atoms. The summed E-state index contributed by atoms with van der Waals surface area (Å²) < 4.78 is 0. The molecule has 4 fully saturated rings. The monoisotopic (exact) mass is 1210 g/mol. The number of unbranched alkanes of at least 4 members (excludes halogenated alkanes) is 4. The number of carbonyl (C=O) groups is 1. The summed E-state index contributed by atoms with van der Waals surface area (Å²) in [7, 11) is -0.448. The van der Waals surface area contributed by atoms with Crippen LogP contribution in [0.3, 0.4) is 0 Å². The zero-order valence-electron chi connectivity index (χ0n) is 51.3. The molecular formula is C70H110Fe2N4O2P2. The van der Waals surface area contributed by atoms with Gasteiger partial charge < -0.3 is 15.5 Å². The van der Waals surface area contributed by atoms with Crippen molar-refractivity contribution in [3.8, 4) is 0 Å². The fourth-order valence-electron chi connectivity index (χ4n) is 12.3. The van der Waals surface area contributed by atoms with Crippen molar-refractivity contribution in [1.29, 1.82) is 0 Å². The summed E-state index contributed by atoms with van der Waals surface area (Å²) in [6, 6.07) is 45.0. The molecule has 448 valence electrons. The molecule has 4 saturated carbocycles. The van der Waals surface area contributed by atoms with Gasteiger partial charge in [0.05, 0.1) is 6.54 Å². The standard InChI is InChI=1S/2C20H25P.C15H30N2O.C10H21N.C5H9NO.2Fe/c2*1-16(2)19-14-9-15-20(19)21(17-10-5-3-6-11-17)18-12-7-4-8-13-18;1-3-5-11-16-15(18)17(12-6-4-2)13-14-9-7-8-10-14;1-2-3-8-11-9-10-6-4-5-7-10;1-2-3-4-6-5-7;;/h2*3-8,10-13,16,19-20H,9,14-15H2,1-2H3;14H,3-13H2,1-2H3,(H,16,18);10-11H,2-9H2,1H3;2-4H2,1H3;;. The Morgan fingerprint density at radius 1 is 0.525 bits per heavy atom. The third kappa shape index (κ3) is 27.9. The van der Waals surface area contributed by atoms with Crippen molar-refractivity contribution in [2.45, 2.75) is 208 Å². The van der Waals surface area contributed by atoms with Crippen LogP contribution in [0.1, 0.15) is 197 Å². The normalized spacial score (nSPS) is 18.5. The van der Waals surface area contributed by atoms with Crippen molar-refractivity contribution in [3.05, 3.63) is 121 Å². The molecule has 6 nitrogen and oxygen atoms in total. The molecule has 4 unspecified atom stereocenters. The summed E-state index contributed by atoms with van der Waals surface area (Å²) in [5.74, 6) is 5.13. The van der Waals surface area contributed by atoms with E-state index in [4.69, 9.17) is 0 Å². The average Bonchev–Trinajstić information content (AvgIpc) is 4.41. The molecule has 80 heavy (non-hydrogen) atoms. The van der Waals surface area contributed by atoms with E-state index >= 15 is 0 Å². The van der Waals surface area contributed by atoms with Crippen LogP contribution in [0.25, 0.3) is 0 Å². The Balaban J connectivity index is 0.000000354. The Labute approximate surface area is 514 Å². The van der Waals surface area contributed by atoms with E-state index in [9.17, 15) is 9.59 Å². The molecule has 0 saturated heterocycles. The van der Waals surface area contributed by atoms with Gasteiger partial charge in [-0.1, -0.05) is 241 Å². The molecule has 0 radical (unpaired) electrons.